The van der Waals surface area contributed by atoms with E-state index >= 15 is 0 Å². The molecule has 0 saturated carbocycles. The standard InChI is InChI=1S/C21H19IN2O5S/c1-3-24-19(26)17(11-12-9-15(22)18(25)16(10-12)29-4-2)30-21(24)23-14-7-5-13(6-8-14)20(27)28/h5-11,25H,3-4H2,1-2H3,(H,27,28). The van der Waals surface area contributed by atoms with Gasteiger partial charge in [-0.2, -0.15) is 0 Å². The number of rotatable bonds is 6. The zero-order valence-corrected chi connectivity index (χ0v) is 19.2. The van der Waals surface area contributed by atoms with Crippen molar-refractivity contribution in [2.75, 3.05) is 13.2 Å². The van der Waals surface area contributed by atoms with Crippen molar-refractivity contribution < 1.29 is 24.5 Å². The van der Waals surface area contributed by atoms with E-state index in [1.165, 1.54) is 23.9 Å². The molecule has 0 spiro atoms. The average molecular weight is 538 g/mol. The number of benzene rings is 2. The van der Waals surface area contributed by atoms with Crippen LogP contribution in [0.25, 0.3) is 6.08 Å². The summed E-state index contributed by atoms with van der Waals surface area (Å²) in [5.74, 6) is -0.724. The van der Waals surface area contributed by atoms with Gasteiger partial charge in [0.15, 0.2) is 16.7 Å². The third-order valence-corrected chi connectivity index (χ3v) is 6.02. The molecule has 1 fully saturated rings. The number of nitrogens with zero attached hydrogens (tertiary/aromatic N) is 2. The Labute approximate surface area is 191 Å². The molecule has 1 aliphatic heterocycles. The van der Waals surface area contributed by atoms with Gasteiger partial charge in [0, 0.05) is 6.54 Å². The number of aromatic carboxylic acids is 1. The van der Waals surface area contributed by atoms with Crippen molar-refractivity contribution in [2.24, 2.45) is 4.99 Å². The van der Waals surface area contributed by atoms with E-state index in [9.17, 15) is 14.7 Å². The predicted molar refractivity (Wildman–Crippen MR) is 125 cm³/mol. The number of carbonyl (C=O) groups is 2. The minimum absolute atomic E-state index is 0.0762. The van der Waals surface area contributed by atoms with Crippen LogP contribution in [-0.4, -0.2) is 45.3 Å². The van der Waals surface area contributed by atoms with Crippen LogP contribution in [0.2, 0.25) is 0 Å². The number of ether oxygens (including phenoxy) is 1. The van der Waals surface area contributed by atoms with E-state index in [1.807, 2.05) is 36.4 Å². The molecule has 0 radical (unpaired) electrons. The number of phenols is 1. The summed E-state index contributed by atoms with van der Waals surface area (Å²) in [6, 6.07) is 9.63. The van der Waals surface area contributed by atoms with Crippen LogP contribution in [-0.2, 0) is 4.79 Å². The number of hydrogen-bond donors (Lipinski definition) is 2. The highest BCUT2D eigenvalue weighted by Crippen LogP contribution is 2.37. The second-order valence-electron chi connectivity index (χ2n) is 6.19. The van der Waals surface area contributed by atoms with Gasteiger partial charge in [0.05, 0.1) is 26.3 Å². The largest absolute Gasteiger partial charge is 0.504 e. The number of carboxylic acid groups (broad SMARTS) is 1. The van der Waals surface area contributed by atoms with Crippen LogP contribution in [0.4, 0.5) is 5.69 Å². The Kier molecular flexibility index (Phi) is 7.03. The van der Waals surface area contributed by atoms with Gasteiger partial charge in [-0.3, -0.25) is 9.69 Å². The molecule has 2 aromatic rings. The fourth-order valence-electron chi connectivity index (χ4n) is 2.75. The first-order valence-electron chi connectivity index (χ1n) is 9.12. The van der Waals surface area contributed by atoms with Gasteiger partial charge in [0.1, 0.15) is 0 Å². The van der Waals surface area contributed by atoms with Crippen molar-refractivity contribution in [1.82, 2.24) is 4.90 Å². The lowest BCUT2D eigenvalue weighted by Gasteiger charge is -2.12. The molecule has 1 aliphatic rings. The van der Waals surface area contributed by atoms with Crippen LogP contribution in [0.5, 0.6) is 11.5 Å². The zero-order valence-electron chi connectivity index (χ0n) is 16.3. The summed E-state index contributed by atoms with van der Waals surface area (Å²) in [6.45, 7) is 4.56. The molecule has 1 heterocycles. The number of phenolic OH excluding ortho intramolecular Hbond substituents is 1. The summed E-state index contributed by atoms with van der Waals surface area (Å²) in [5.41, 5.74) is 1.47. The van der Waals surface area contributed by atoms with E-state index < -0.39 is 5.97 Å². The first-order valence-corrected chi connectivity index (χ1v) is 11.0. The molecule has 30 heavy (non-hydrogen) atoms. The number of likely N-dealkylation sites (N-methyl/N-ethyl adjacent to an activating group) is 1. The number of amidine groups is 1. The number of halogens is 1. The Hall–Kier alpha value is -2.53. The Balaban J connectivity index is 1.93. The van der Waals surface area contributed by atoms with E-state index in [0.29, 0.717) is 38.2 Å². The van der Waals surface area contributed by atoms with Crippen LogP contribution in [0, 0.1) is 3.57 Å². The van der Waals surface area contributed by atoms with Crippen LogP contribution in [0.15, 0.2) is 46.3 Å². The number of carboxylic acids is 1. The van der Waals surface area contributed by atoms with Crippen molar-refractivity contribution in [3.63, 3.8) is 0 Å². The number of carbonyl (C=O) groups excluding carboxylic acids is 1. The van der Waals surface area contributed by atoms with Crippen LogP contribution in [0.1, 0.15) is 29.8 Å². The van der Waals surface area contributed by atoms with E-state index in [-0.39, 0.29) is 17.2 Å². The van der Waals surface area contributed by atoms with Crippen LogP contribution in [0.3, 0.4) is 0 Å². The quantitative estimate of drug-likeness (QED) is 0.408. The Morgan fingerprint density at radius 2 is 1.97 bits per heavy atom. The molecule has 2 aromatic carbocycles. The maximum absolute atomic E-state index is 12.8. The van der Waals surface area contributed by atoms with Crippen molar-refractivity contribution in [3.8, 4) is 11.5 Å². The Morgan fingerprint density at radius 1 is 1.27 bits per heavy atom. The molecule has 156 valence electrons. The number of aliphatic imine (C=N–C) groups is 1. The van der Waals surface area contributed by atoms with Crippen molar-refractivity contribution in [1.29, 1.82) is 0 Å². The number of hydrogen-bond acceptors (Lipinski definition) is 6. The third kappa shape index (κ3) is 4.78. The van der Waals surface area contributed by atoms with E-state index in [4.69, 9.17) is 9.84 Å². The highest BCUT2D eigenvalue weighted by Gasteiger charge is 2.32. The van der Waals surface area contributed by atoms with Crippen molar-refractivity contribution in [2.45, 2.75) is 13.8 Å². The second-order valence-corrected chi connectivity index (χ2v) is 8.36. The SMILES string of the molecule is CCOc1cc(C=C2SC(=Nc3ccc(C(=O)O)cc3)N(CC)C2=O)cc(I)c1O. The van der Waals surface area contributed by atoms with Crippen molar-refractivity contribution in [3.05, 3.63) is 56.0 Å². The highest BCUT2D eigenvalue weighted by molar-refractivity contribution is 14.1. The molecule has 0 atom stereocenters. The maximum atomic E-state index is 12.8. The summed E-state index contributed by atoms with van der Waals surface area (Å²) >= 11 is 3.26. The summed E-state index contributed by atoms with van der Waals surface area (Å²) in [5, 5.41) is 19.7. The summed E-state index contributed by atoms with van der Waals surface area (Å²) in [6.07, 6.45) is 1.75. The molecule has 1 amide bonds. The molecule has 0 aliphatic carbocycles. The first kappa shape index (κ1) is 22.2. The molecular weight excluding hydrogens is 519 g/mol. The normalized spacial score (nSPS) is 16.5. The van der Waals surface area contributed by atoms with Crippen LogP contribution >= 0.6 is 34.4 Å². The van der Waals surface area contributed by atoms with Gasteiger partial charge in [0.2, 0.25) is 0 Å². The number of amides is 1. The summed E-state index contributed by atoms with van der Waals surface area (Å²) in [7, 11) is 0. The fraction of sp³-hybridized carbons (Fsp3) is 0.190. The lowest BCUT2D eigenvalue weighted by molar-refractivity contribution is -0.122. The first-order chi connectivity index (χ1) is 14.3. The topological polar surface area (TPSA) is 99.4 Å². The fourth-order valence-corrected chi connectivity index (χ4v) is 4.44. The van der Waals surface area contributed by atoms with E-state index in [2.05, 4.69) is 4.99 Å². The molecule has 7 nitrogen and oxygen atoms in total. The van der Waals surface area contributed by atoms with Gasteiger partial charge in [0.25, 0.3) is 5.91 Å². The van der Waals surface area contributed by atoms with Gasteiger partial charge >= 0.3 is 5.97 Å². The molecule has 2 N–H and O–H groups in total. The van der Waals surface area contributed by atoms with Gasteiger partial charge in [-0.05, 0) is 96.2 Å². The monoisotopic (exact) mass is 538 g/mol. The lowest BCUT2D eigenvalue weighted by Crippen LogP contribution is -2.28. The maximum Gasteiger partial charge on any atom is 0.335 e. The third-order valence-electron chi connectivity index (χ3n) is 4.19. The van der Waals surface area contributed by atoms with Crippen LogP contribution < -0.4 is 4.74 Å². The van der Waals surface area contributed by atoms with Gasteiger partial charge in [-0.15, -0.1) is 0 Å². The molecule has 1 saturated heterocycles. The van der Waals surface area contributed by atoms with Crippen molar-refractivity contribution >= 4 is 63.2 Å². The Bertz CT molecular complexity index is 1050. The molecule has 0 bridgehead atoms. The molecular formula is C21H19IN2O5S. The van der Waals surface area contributed by atoms with E-state index in [0.717, 1.165) is 5.56 Å². The summed E-state index contributed by atoms with van der Waals surface area (Å²) < 4.78 is 6.09. The Morgan fingerprint density at radius 3 is 2.57 bits per heavy atom. The molecule has 0 unspecified atom stereocenters. The molecule has 3 rings (SSSR count). The molecule has 0 aromatic heterocycles. The molecule has 9 heteroatoms. The minimum Gasteiger partial charge on any atom is -0.504 e. The zero-order chi connectivity index (χ0) is 21.8. The summed E-state index contributed by atoms with van der Waals surface area (Å²) in [4.78, 5) is 30.4. The average Bonchev–Trinajstić information content (AvgIpc) is 3.00. The van der Waals surface area contributed by atoms with Gasteiger partial charge in [-0.25, -0.2) is 9.79 Å². The number of aromatic hydroxyl groups is 1. The smallest absolute Gasteiger partial charge is 0.335 e. The highest BCUT2D eigenvalue weighted by atomic mass is 127. The number of thioether (sulfide) groups is 1. The van der Waals surface area contributed by atoms with Gasteiger partial charge < -0.3 is 14.9 Å². The minimum atomic E-state index is -1.00. The second kappa shape index (κ2) is 9.52. The predicted octanol–water partition coefficient (Wildman–Crippen LogP) is 4.72. The van der Waals surface area contributed by atoms with Gasteiger partial charge in [-0.1, -0.05) is 0 Å². The lowest BCUT2D eigenvalue weighted by atomic mass is 10.2. The van der Waals surface area contributed by atoms with E-state index in [1.54, 1.807) is 35.2 Å².